The van der Waals surface area contributed by atoms with Gasteiger partial charge in [-0.25, -0.2) is 4.39 Å². The Morgan fingerprint density at radius 3 is 2.57 bits per heavy atom. The second kappa shape index (κ2) is 7.35. The maximum Gasteiger partial charge on any atom is 0.259 e. The van der Waals surface area contributed by atoms with Crippen molar-refractivity contribution in [1.82, 2.24) is 0 Å². The maximum atomic E-state index is 13.6. The van der Waals surface area contributed by atoms with Gasteiger partial charge in [-0.1, -0.05) is 11.6 Å². The third-order valence-corrected chi connectivity index (χ3v) is 6.33. The fourth-order valence-corrected chi connectivity index (χ4v) is 4.75. The number of benzene rings is 2. The lowest BCUT2D eigenvalue weighted by Gasteiger charge is -2.43. The molecule has 1 spiro atoms. The molecule has 2 fully saturated rings. The highest BCUT2D eigenvalue weighted by atomic mass is 35.5. The fourth-order valence-electron chi connectivity index (χ4n) is 4.02. The van der Waals surface area contributed by atoms with E-state index in [1.165, 1.54) is 23.1 Å². The number of nitriles is 1. The molecule has 0 radical (unpaired) electrons. The Morgan fingerprint density at radius 1 is 1.30 bits per heavy atom. The van der Waals surface area contributed by atoms with Crippen molar-refractivity contribution in [2.75, 3.05) is 9.80 Å². The van der Waals surface area contributed by atoms with E-state index in [1.54, 1.807) is 23.1 Å². The Hall–Kier alpha value is -3.02. The predicted molar refractivity (Wildman–Crippen MR) is 115 cm³/mol. The third-order valence-electron chi connectivity index (χ3n) is 5.67. The first kappa shape index (κ1) is 20.3. The van der Waals surface area contributed by atoms with Gasteiger partial charge in [-0.2, -0.15) is 5.26 Å². The minimum Gasteiger partial charge on any atom is -0.366 e. The quantitative estimate of drug-likeness (QED) is 0.726. The lowest BCUT2D eigenvalue weighted by atomic mass is 9.75. The number of nitrogens with zero attached hydrogens (tertiary/aromatic N) is 3. The van der Waals surface area contributed by atoms with E-state index in [0.29, 0.717) is 29.8 Å². The van der Waals surface area contributed by atoms with Gasteiger partial charge in [0, 0.05) is 11.3 Å². The molecule has 1 aliphatic carbocycles. The molecular formula is C21H16ClFN4O2S. The number of halogens is 2. The highest BCUT2D eigenvalue weighted by Gasteiger charge is 2.59. The van der Waals surface area contributed by atoms with Gasteiger partial charge in [-0.05, 0) is 73.4 Å². The lowest BCUT2D eigenvalue weighted by Crippen LogP contribution is -2.55. The Labute approximate surface area is 182 Å². The highest BCUT2D eigenvalue weighted by molar-refractivity contribution is 7.81. The van der Waals surface area contributed by atoms with E-state index >= 15 is 0 Å². The highest BCUT2D eigenvalue weighted by Crippen LogP contribution is 2.48. The smallest absolute Gasteiger partial charge is 0.259 e. The van der Waals surface area contributed by atoms with Gasteiger partial charge in [0.25, 0.3) is 5.91 Å². The number of amides is 2. The monoisotopic (exact) mass is 442 g/mol. The molecule has 9 heteroatoms. The van der Waals surface area contributed by atoms with Crippen LogP contribution in [0.25, 0.3) is 0 Å². The summed E-state index contributed by atoms with van der Waals surface area (Å²) >= 11 is 12.0. The Balaban J connectivity index is 1.82. The summed E-state index contributed by atoms with van der Waals surface area (Å²) in [6, 6.07) is 11.2. The molecular weight excluding hydrogens is 427 g/mol. The molecule has 6 nitrogen and oxygen atoms in total. The molecule has 30 heavy (non-hydrogen) atoms. The first-order chi connectivity index (χ1) is 14.3. The molecule has 0 aromatic heterocycles. The van der Waals surface area contributed by atoms with E-state index in [2.05, 4.69) is 0 Å². The van der Waals surface area contributed by atoms with Crippen molar-refractivity contribution in [3.05, 3.63) is 58.1 Å². The van der Waals surface area contributed by atoms with Crippen LogP contribution in [0.15, 0.2) is 36.4 Å². The first-order valence-electron chi connectivity index (χ1n) is 9.21. The SMILES string of the molecule is N#Cc1ccc(N2C(=O)C3(CCC3)N(c3ccc(C(N)=O)c(CF)c3)C2=S)c(Cl)c1. The van der Waals surface area contributed by atoms with E-state index in [-0.39, 0.29) is 27.2 Å². The van der Waals surface area contributed by atoms with Crippen LogP contribution in [-0.4, -0.2) is 22.5 Å². The van der Waals surface area contributed by atoms with Crippen LogP contribution in [0.3, 0.4) is 0 Å². The average Bonchev–Trinajstić information content (AvgIpc) is 2.94. The zero-order valence-electron chi connectivity index (χ0n) is 15.7. The predicted octanol–water partition coefficient (Wildman–Crippen LogP) is 3.84. The topological polar surface area (TPSA) is 90.4 Å². The number of primary amides is 1. The van der Waals surface area contributed by atoms with Gasteiger partial charge in [0.15, 0.2) is 5.11 Å². The van der Waals surface area contributed by atoms with Crippen LogP contribution in [0.1, 0.15) is 40.7 Å². The van der Waals surface area contributed by atoms with E-state index < -0.39 is 18.1 Å². The Bertz CT molecular complexity index is 1140. The number of hydrogen-bond acceptors (Lipinski definition) is 4. The van der Waals surface area contributed by atoms with Crippen LogP contribution < -0.4 is 15.5 Å². The van der Waals surface area contributed by atoms with Crippen LogP contribution in [0.4, 0.5) is 15.8 Å². The van der Waals surface area contributed by atoms with E-state index in [0.717, 1.165) is 6.42 Å². The van der Waals surface area contributed by atoms with Gasteiger partial charge in [0.1, 0.15) is 12.2 Å². The van der Waals surface area contributed by atoms with Crippen molar-refractivity contribution < 1.29 is 14.0 Å². The zero-order valence-corrected chi connectivity index (χ0v) is 17.3. The molecule has 1 saturated heterocycles. The summed E-state index contributed by atoms with van der Waals surface area (Å²) in [4.78, 5) is 28.1. The number of carbonyl (C=O) groups excluding carboxylic acids is 2. The maximum absolute atomic E-state index is 13.6. The van der Waals surface area contributed by atoms with Crippen LogP contribution >= 0.6 is 23.8 Å². The largest absolute Gasteiger partial charge is 0.366 e. The number of alkyl halides is 1. The molecule has 2 aromatic rings. The van der Waals surface area contributed by atoms with Crippen LogP contribution in [0.2, 0.25) is 5.02 Å². The first-order valence-corrected chi connectivity index (χ1v) is 10.00. The molecule has 1 heterocycles. The molecule has 1 saturated carbocycles. The molecule has 0 unspecified atom stereocenters. The summed E-state index contributed by atoms with van der Waals surface area (Å²) in [5.74, 6) is -0.940. The lowest BCUT2D eigenvalue weighted by molar-refractivity contribution is -0.123. The molecule has 2 aromatic carbocycles. The third kappa shape index (κ3) is 2.85. The minimum absolute atomic E-state index is 0.0901. The molecule has 0 atom stereocenters. The summed E-state index contributed by atoms with van der Waals surface area (Å²) in [7, 11) is 0. The average molecular weight is 443 g/mol. The molecule has 152 valence electrons. The van der Waals surface area contributed by atoms with Gasteiger partial charge in [0.2, 0.25) is 5.91 Å². The second-order valence-electron chi connectivity index (χ2n) is 7.26. The zero-order chi connectivity index (χ0) is 21.6. The van der Waals surface area contributed by atoms with Gasteiger partial charge in [0.05, 0.1) is 22.3 Å². The van der Waals surface area contributed by atoms with Crippen LogP contribution in [0.5, 0.6) is 0 Å². The molecule has 2 aliphatic rings. The Kier molecular flexibility index (Phi) is 4.96. The fraction of sp³-hybridized carbons (Fsp3) is 0.238. The summed E-state index contributed by atoms with van der Waals surface area (Å²) in [5.41, 5.74) is 5.94. The minimum atomic E-state index is -0.879. The summed E-state index contributed by atoms with van der Waals surface area (Å²) in [6.45, 7) is -0.876. The van der Waals surface area contributed by atoms with Crippen molar-refractivity contribution in [3.8, 4) is 6.07 Å². The molecule has 1 aliphatic heterocycles. The standard InChI is InChI=1S/C21H16ClFN4O2S/c22-16-8-12(11-24)2-5-17(16)26-19(29)21(6-1-7-21)27(20(26)30)14-3-4-15(18(25)28)13(9-14)10-23/h2-5,8-9H,1,6-7,10H2,(H2,25,28). The molecule has 2 amide bonds. The van der Waals surface area contributed by atoms with Crippen molar-refractivity contribution in [2.24, 2.45) is 5.73 Å². The van der Waals surface area contributed by atoms with Crippen LogP contribution in [0, 0.1) is 11.3 Å². The number of rotatable bonds is 4. The summed E-state index contributed by atoms with van der Waals surface area (Å²) in [5, 5.41) is 9.51. The van der Waals surface area contributed by atoms with E-state index in [1.807, 2.05) is 6.07 Å². The number of nitrogens with two attached hydrogens (primary N) is 1. The molecule has 2 N–H and O–H groups in total. The summed E-state index contributed by atoms with van der Waals surface area (Å²) < 4.78 is 13.6. The van der Waals surface area contributed by atoms with E-state index in [4.69, 9.17) is 34.8 Å². The van der Waals surface area contributed by atoms with Gasteiger partial charge >= 0.3 is 0 Å². The Morgan fingerprint density at radius 2 is 2.03 bits per heavy atom. The van der Waals surface area contributed by atoms with Gasteiger partial charge < -0.3 is 10.6 Å². The van der Waals surface area contributed by atoms with Crippen molar-refractivity contribution in [2.45, 2.75) is 31.5 Å². The molecule has 4 rings (SSSR count). The van der Waals surface area contributed by atoms with Gasteiger partial charge in [-0.15, -0.1) is 0 Å². The van der Waals surface area contributed by atoms with Crippen molar-refractivity contribution >= 4 is 52.1 Å². The van der Waals surface area contributed by atoms with Gasteiger partial charge in [-0.3, -0.25) is 14.5 Å². The summed E-state index contributed by atoms with van der Waals surface area (Å²) in [6.07, 6.45) is 2.01. The van der Waals surface area contributed by atoms with E-state index in [9.17, 15) is 14.0 Å². The number of anilines is 2. The molecule has 0 bridgehead atoms. The second-order valence-corrected chi connectivity index (χ2v) is 8.03. The number of hydrogen-bond donors (Lipinski definition) is 1. The normalized spacial score (nSPS) is 17.2. The van der Waals surface area contributed by atoms with Crippen molar-refractivity contribution in [1.29, 1.82) is 5.26 Å². The van der Waals surface area contributed by atoms with Crippen LogP contribution in [-0.2, 0) is 11.5 Å². The van der Waals surface area contributed by atoms with Crippen molar-refractivity contribution in [3.63, 3.8) is 0 Å². The number of thiocarbonyl (C=S) groups is 1. The number of carbonyl (C=O) groups is 2.